The van der Waals surface area contributed by atoms with Crippen LogP contribution >= 0.6 is 0 Å². The van der Waals surface area contributed by atoms with Crippen LogP contribution in [0.25, 0.3) is 0 Å². The van der Waals surface area contributed by atoms with E-state index in [1.807, 2.05) is 68.4 Å². The number of nitrogens with one attached hydrogen (secondary N) is 3. The molecule has 0 radical (unpaired) electrons. The van der Waals surface area contributed by atoms with Crippen LogP contribution in [-0.2, 0) is 23.0 Å². The first kappa shape index (κ1) is 30.6. The highest BCUT2D eigenvalue weighted by Crippen LogP contribution is 2.12. The molecular formula is C27H42N4O5S. The van der Waals surface area contributed by atoms with Gasteiger partial charge < -0.3 is 25.8 Å². The quantitative estimate of drug-likeness (QED) is 0.248. The van der Waals surface area contributed by atoms with Crippen LogP contribution in [0.5, 0.6) is 5.75 Å². The minimum atomic E-state index is -3.46. The van der Waals surface area contributed by atoms with Crippen LogP contribution in [0.2, 0.25) is 0 Å². The lowest BCUT2D eigenvalue weighted by Gasteiger charge is -2.25. The molecule has 4 N–H and O–H groups in total. The van der Waals surface area contributed by atoms with Crippen molar-refractivity contribution >= 4 is 16.1 Å². The number of nitrogens with zero attached hydrogens (tertiary/aromatic N) is 1. The monoisotopic (exact) mass is 534 g/mol. The molecule has 0 heterocycles. The summed E-state index contributed by atoms with van der Waals surface area (Å²) in [6, 6.07) is 16.2. The number of hydrogen-bond donors (Lipinski definition) is 4. The van der Waals surface area contributed by atoms with Crippen molar-refractivity contribution in [1.82, 2.24) is 20.3 Å². The van der Waals surface area contributed by atoms with E-state index in [0.29, 0.717) is 26.1 Å². The Morgan fingerprint density at radius 3 is 2.35 bits per heavy atom. The first-order valence-electron chi connectivity index (χ1n) is 12.9. The predicted octanol–water partition coefficient (Wildman–Crippen LogP) is 2.51. The third-order valence-electron chi connectivity index (χ3n) is 5.88. The lowest BCUT2D eigenvalue weighted by atomic mass is 10.0. The maximum Gasteiger partial charge on any atom is 0.315 e. The molecule has 0 bridgehead atoms. The number of sulfonamides is 1. The molecule has 0 unspecified atom stereocenters. The van der Waals surface area contributed by atoms with Gasteiger partial charge in [0.15, 0.2) is 0 Å². The molecule has 0 fully saturated rings. The van der Waals surface area contributed by atoms with Gasteiger partial charge in [0.1, 0.15) is 5.75 Å². The second kappa shape index (κ2) is 16.2. The summed E-state index contributed by atoms with van der Waals surface area (Å²) in [6.45, 7) is 5.59. The van der Waals surface area contributed by atoms with E-state index >= 15 is 0 Å². The van der Waals surface area contributed by atoms with Crippen LogP contribution in [0.4, 0.5) is 4.79 Å². The van der Waals surface area contributed by atoms with Crippen molar-refractivity contribution in [2.24, 2.45) is 0 Å². The molecule has 10 heteroatoms. The van der Waals surface area contributed by atoms with Crippen molar-refractivity contribution in [3.63, 3.8) is 0 Å². The van der Waals surface area contributed by atoms with Crippen molar-refractivity contribution in [1.29, 1.82) is 0 Å². The first-order valence-corrected chi connectivity index (χ1v) is 14.5. The van der Waals surface area contributed by atoms with Gasteiger partial charge in [0.25, 0.3) is 0 Å². The molecule has 37 heavy (non-hydrogen) atoms. The molecule has 2 aromatic carbocycles. The van der Waals surface area contributed by atoms with Crippen molar-refractivity contribution < 1.29 is 23.1 Å². The predicted molar refractivity (Wildman–Crippen MR) is 147 cm³/mol. The number of hydrogen-bond acceptors (Lipinski definition) is 6. The number of carbonyl (C=O) groups is 1. The Bertz CT molecular complexity index is 1030. The number of benzene rings is 2. The maximum absolute atomic E-state index is 12.6. The summed E-state index contributed by atoms with van der Waals surface area (Å²) in [5.41, 5.74) is 1.98. The SMILES string of the molecule is CCCN(CCC)S(=O)(=O)CCNC(=O)N[C@@H](Cc1ccccc1)[C@H](O)CNCc1cccc(OC)c1. The highest BCUT2D eigenvalue weighted by atomic mass is 32.2. The smallest absolute Gasteiger partial charge is 0.315 e. The topological polar surface area (TPSA) is 120 Å². The molecule has 0 aromatic heterocycles. The molecule has 0 spiro atoms. The van der Waals surface area contributed by atoms with E-state index in [0.717, 1.165) is 29.7 Å². The van der Waals surface area contributed by atoms with E-state index in [1.165, 1.54) is 4.31 Å². The third kappa shape index (κ3) is 11.1. The summed E-state index contributed by atoms with van der Waals surface area (Å²) >= 11 is 0. The zero-order chi connectivity index (χ0) is 27.1. The summed E-state index contributed by atoms with van der Waals surface area (Å²) in [6.07, 6.45) is 1.02. The fraction of sp³-hybridized carbons (Fsp3) is 0.519. The molecule has 9 nitrogen and oxygen atoms in total. The van der Waals surface area contributed by atoms with Crippen LogP contribution in [-0.4, -0.2) is 75.0 Å². The largest absolute Gasteiger partial charge is 0.497 e. The number of methoxy groups -OCH3 is 1. The third-order valence-corrected chi connectivity index (χ3v) is 7.75. The average Bonchev–Trinajstić information content (AvgIpc) is 2.88. The fourth-order valence-corrected chi connectivity index (χ4v) is 5.51. The molecule has 0 aliphatic carbocycles. The summed E-state index contributed by atoms with van der Waals surface area (Å²) in [4.78, 5) is 12.6. The van der Waals surface area contributed by atoms with Gasteiger partial charge in [-0.25, -0.2) is 17.5 Å². The minimum absolute atomic E-state index is 0.0136. The fourth-order valence-electron chi connectivity index (χ4n) is 3.97. The Balaban J connectivity index is 1.94. The zero-order valence-corrected chi connectivity index (χ0v) is 23.0. The van der Waals surface area contributed by atoms with E-state index in [-0.39, 0.29) is 18.8 Å². The standard InChI is InChI=1S/C27H42N4O5S/c1-4-15-31(16-5-2)37(34,35)17-14-29-27(33)30-25(19-22-10-7-6-8-11-22)26(32)21-28-20-23-12-9-13-24(18-23)36-3/h6-13,18,25-26,28,32H,4-5,14-17,19-21H2,1-3H3,(H2,29,30,33)/t25-,26+/m0/s1. The Morgan fingerprint density at radius 1 is 1.03 bits per heavy atom. The maximum atomic E-state index is 12.6. The second-order valence-electron chi connectivity index (χ2n) is 8.96. The Morgan fingerprint density at radius 2 is 1.70 bits per heavy atom. The van der Waals surface area contributed by atoms with Crippen molar-refractivity contribution in [2.45, 2.75) is 51.8 Å². The highest BCUT2D eigenvalue weighted by Gasteiger charge is 2.23. The van der Waals surface area contributed by atoms with E-state index in [2.05, 4.69) is 16.0 Å². The van der Waals surface area contributed by atoms with E-state index in [4.69, 9.17) is 4.74 Å². The molecule has 0 aliphatic rings. The van der Waals surface area contributed by atoms with E-state index in [9.17, 15) is 18.3 Å². The molecule has 2 amide bonds. The van der Waals surface area contributed by atoms with Gasteiger partial charge in [-0.1, -0.05) is 56.3 Å². The van der Waals surface area contributed by atoms with E-state index in [1.54, 1.807) is 7.11 Å². The number of aliphatic hydroxyl groups excluding tert-OH is 1. The molecule has 2 rings (SSSR count). The van der Waals surface area contributed by atoms with Gasteiger partial charge in [0, 0.05) is 32.7 Å². The Kier molecular flexibility index (Phi) is 13.4. The molecular weight excluding hydrogens is 492 g/mol. The number of carbonyl (C=O) groups excluding carboxylic acids is 1. The molecule has 0 saturated carbocycles. The lowest BCUT2D eigenvalue weighted by Crippen LogP contribution is -2.52. The number of urea groups is 1. The van der Waals surface area contributed by atoms with Crippen molar-refractivity contribution in [3.05, 3.63) is 65.7 Å². The minimum Gasteiger partial charge on any atom is -0.497 e. The Labute approximate surface area is 221 Å². The summed E-state index contributed by atoms with van der Waals surface area (Å²) in [7, 11) is -1.84. The number of aliphatic hydroxyl groups is 1. The van der Waals surface area contributed by atoms with Crippen LogP contribution in [0, 0.1) is 0 Å². The summed E-state index contributed by atoms with van der Waals surface area (Å²) in [5.74, 6) is 0.587. The van der Waals surface area contributed by atoms with Crippen molar-refractivity contribution in [3.8, 4) is 5.75 Å². The summed E-state index contributed by atoms with van der Waals surface area (Å²) in [5, 5.41) is 19.6. The van der Waals surface area contributed by atoms with Gasteiger partial charge in [-0.05, 0) is 42.5 Å². The van der Waals surface area contributed by atoms with E-state index < -0.39 is 28.2 Å². The summed E-state index contributed by atoms with van der Waals surface area (Å²) < 4.78 is 32.0. The highest BCUT2D eigenvalue weighted by molar-refractivity contribution is 7.89. The molecule has 2 atom stereocenters. The number of rotatable bonds is 17. The average molecular weight is 535 g/mol. The molecule has 0 aliphatic heterocycles. The van der Waals surface area contributed by atoms with Gasteiger partial charge in [-0.15, -0.1) is 0 Å². The molecule has 0 saturated heterocycles. The van der Waals surface area contributed by atoms with Crippen LogP contribution in [0.3, 0.4) is 0 Å². The van der Waals surface area contributed by atoms with Crippen LogP contribution in [0.15, 0.2) is 54.6 Å². The van der Waals surface area contributed by atoms with Crippen molar-refractivity contribution in [2.75, 3.05) is 39.0 Å². The van der Waals surface area contributed by atoms with Gasteiger partial charge in [-0.2, -0.15) is 0 Å². The Hall–Kier alpha value is -2.66. The first-order chi connectivity index (χ1) is 17.8. The number of amides is 2. The van der Waals surface area contributed by atoms with Gasteiger partial charge >= 0.3 is 6.03 Å². The molecule has 2 aromatic rings. The van der Waals surface area contributed by atoms with Crippen LogP contribution in [0.1, 0.15) is 37.8 Å². The van der Waals surface area contributed by atoms with Crippen LogP contribution < -0.4 is 20.7 Å². The normalized spacial score (nSPS) is 13.2. The van der Waals surface area contributed by atoms with Gasteiger partial charge in [-0.3, -0.25) is 0 Å². The second-order valence-corrected chi connectivity index (χ2v) is 11.0. The molecule has 206 valence electrons. The van der Waals surface area contributed by atoms with Gasteiger partial charge in [0.05, 0.1) is 25.0 Å². The lowest BCUT2D eigenvalue weighted by molar-refractivity contribution is 0.126. The number of ether oxygens (including phenoxy) is 1. The van der Waals surface area contributed by atoms with Gasteiger partial charge in [0.2, 0.25) is 10.0 Å². The zero-order valence-electron chi connectivity index (χ0n) is 22.2.